The molecule has 0 bridgehead atoms. The van der Waals surface area contributed by atoms with E-state index in [9.17, 15) is 0 Å². The average molecular weight is 439 g/mol. The van der Waals surface area contributed by atoms with Crippen LogP contribution >= 0.6 is 0 Å². The molecule has 170 valence electrons. The molecule has 3 aromatic rings. The molecule has 2 aromatic heterocycles. The summed E-state index contributed by atoms with van der Waals surface area (Å²) in [6.45, 7) is 5.09. The van der Waals surface area contributed by atoms with Crippen LogP contribution in [0.25, 0.3) is 16.9 Å². The van der Waals surface area contributed by atoms with E-state index in [1.165, 1.54) is 0 Å². The maximum absolute atomic E-state index is 6.01. The highest BCUT2D eigenvalue weighted by Gasteiger charge is 2.20. The molecular weight excluding hydrogens is 408 g/mol. The average Bonchev–Trinajstić information content (AvgIpc) is 3.25. The second-order valence-electron chi connectivity index (χ2n) is 8.46. The van der Waals surface area contributed by atoms with Gasteiger partial charge < -0.3 is 20.5 Å². The highest BCUT2D eigenvalue weighted by atomic mass is 16.5. The van der Waals surface area contributed by atoms with E-state index >= 15 is 0 Å². The highest BCUT2D eigenvalue weighted by Crippen LogP contribution is 2.22. The number of aromatic nitrogens is 5. The van der Waals surface area contributed by atoms with Gasteiger partial charge in [-0.2, -0.15) is 9.67 Å². The molecule has 0 amide bonds. The van der Waals surface area contributed by atoms with Gasteiger partial charge >= 0.3 is 0 Å². The largest absolute Gasteiger partial charge is 0.492 e. The number of hydrogen-bond acceptors (Lipinski definition) is 9. The van der Waals surface area contributed by atoms with Crippen molar-refractivity contribution in [1.29, 1.82) is 0 Å². The zero-order valence-electron chi connectivity index (χ0n) is 18.2. The van der Waals surface area contributed by atoms with Gasteiger partial charge in [-0.1, -0.05) is 5.21 Å². The Morgan fingerprint density at radius 1 is 1.09 bits per heavy atom. The monoisotopic (exact) mass is 438 g/mol. The van der Waals surface area contributed by atoms with Crippen molar-refractivity contribution in [3.8, 4) is 11.4 Å². The van der Waals surface area contributed by atoms with Gasteiger partial charge in [-0.3, -0.25) is 4.90 Å². The molecule has 3 N–H and O–H groups in total. The molecule has 5 rings (SSSR count). The van der Waals surface area contributed by atoms with Gasteiger partial charge in [0.15, 0.2) is 11.2 Å². The molecule has 0 unspecified atom stereocenters. The first-order valence-electron chi connectivity index (χ1n) is 11.4. The van der Waals surface area contributed by atoms with Crippen molar-refractivity contribution in [1.82, 2.24) is 29.9 Å². The third-order valence-corrected chi connectivity index (χ3v) is 6.16. The van der Waals surface area contributed by atoms with E-state index < -0.39 is 0 Å². The van der Waals surface area contributed by atoms with E-state index in [1.54, 1.807) is 10.9 Å². The summed E-state index contributed by atoms with van der Waals surface area (Å²) in [6.07, 6.45) is 5.84. The smallest absolute Gasteiger partial charge is 0.225 e. The van der Waals surface area contributed by atoms with Gasteiger partial charge in [0.05, 0.1) is 25.1 Å². The number of hydrogen-bond donors (Lipinski definition) is 2. The number of nitrogens with zero attached hydrogens (tertiary/aromatic N) is 6. The topological polar surface area (TPSA) is 116 Å². The third kappa shape index (κ3) is 4.98. The number of nitrogens with one attached hydrogen (secondary N) is 1. The first-order chi connectivity index (χ1) is 15.7. The van der Waals surface area contributed by atoms with Gasteiger partial charge in [0.25, 0.3) is 0 Å². The second kappa shape index (κ2) is 9.76. The minimum atomic E-state index is 0.313. The number of fused-ring (bicyclic) bond motifs is 1. The van der Waals surface area contributed by atoms with Gasteiger partial charge in [0, 0.05) is 31.7 Å². The maximum Gasteiger partial charge on any atom is 0.225 e. The van der Waals surface area contributed by atoms with Crippen LogP contribution in [0.15, 0.2) is 30.5 Å². The van der Waals surface area contributed by atoms with Crippen LogP contribution in [0.4, 0.5) is 5.95 Å². The maximum atomic E-state index is 6.01. The van der Waals surface area contributed by atoms with Crippen molar-refractivity contribution in [2.45, 2.75) is 37.8 Å². The molecule has 1 aromatic carbocycles. The molecule has 10 nitrogen and oxygen atoms in total. The summed E-state index contributed by atoms with van der Waals surface area (Å²) in [7, 11) is 0. The first kappa shape index (κ1) is 21.0. The zero-order chi connectivity index (χ0) is 21.8. The Hall–Kier alpha value is -2.82. The van der Waals surface area contributed by atoms with E-state index in [-0.39, 0.29) is 0 Å². The highest BCUT2D eigenvalue weighted by molar-refractivity contribution is 5.72. The molecule has 0 radical (unpaired) electrons. The number of anilines is 1. The molecule has 1 saturated heterocycles. The van der Waals surface area contributed by atoms with Crippen LogP contribution in [0.5, 0.6) is 5.75 Å². The Morgan fingerprint density at radius 2 is 1.88 bits per heavy atom. The lowest BCUT2D eigenvalue weighted by atomic mass is 9.92. The van der Waals surface area contributed by atoms with Crippen molar-refractivity contribution >= 4 is 17.1 Å². The van der Waals surface area contributed by atoms with E-state index in [2.05, 4.69) is 30.5 Å². The first-order valence-corrected chi connectivity index (χ1v) is 11.4. The molecule has 2 fully saturated rings. The van der Waals surface area contributed by atoms with Crippen molar-refractivity contribution in [3.05, 3.63) is 30.5 Å². The van der Waals surface area contributed by atoms with Crippen LogP contribution in [0.2, 0.25) is 0 Å². The van der Waals surface area contributed by atoms with Crippen LogP contribution in [0.3, 0.4) is 0 Å². The summed E-state index contributed by atoms with van der Waals surface area (Å²) in [6, 6.07) is 8.51. The molecule has 2 aliphatic rings. The number of ether oxygens (including phenoxy) is 2. The predicted octanol–water partition coefficient (Wildman–Crippen LogP) is 1.60. The van der Waals surface area contributed by atoms with Gasteiger partial charge in [0.2, 0.25) is 5.95 Å². The Balaban J connectivity index is 1.23. The number of nitrogens with two attached hydrogens (primary N) is 1. The summed E-state index contributed by atoms with van der Waals surface area (Å²) in [4.78, 5) is 11.5. The van der Waals surface area contributed by atoms with Gasteiger partial charge in [0.1, 0.15) is 12.4 Å². The van der Waals surface area contributed by atoms with E-state index in [0.717, 1.165) is 70.0 Å². The molecule has 1 aliphatic carbocycles. The summed E-state index contributed by atoms with van der Waals surface area (Å²) in [5.74, 6) is 1.43. The molecule has 3 heterocycles. The van der Waals surface area contributed by atoms with Crippen molar-refractivity contribution in [2.24, 2.45) is 5.73 Å². The lowest BCUT2D eigenvalue weighted by molar-refractivity contribution is 0.0322. The van der Waals surface area contributed by atoms with Crippen molar-refractivity contribution in [2.75, 3.05) is 44.8 Å². The van der Waals surface area contributed by atoms with Gasteiger partial charge in [-0.15, -0.1) is 5.10 Å². The molecule has 1 saturated carbocycles. The summed E-state index contributed by atoms with van der Waals surface area (Å²) in [5, 5.41) is 11.9. The van der Waals surface area contributed by atoms with E-state index in [1.807, 2.05) is 24.3 Å². The summed E-state index contributed by atoms with van der Waals surface area (Å²) >= 11 is 0. The van der Waals surface area contributed by atoms with Crippen molar-refractivity contribution < 1.29 is 9.47 Å². The van der Waals surface area contributed by atoms with Crippen LogP contribution < -0.4 is 15.8 Å². The zero-order valence-corrected chi connectivity index (χ0v) is 18.2. The summed E-state index contributed by atoms with van der Waals surface area (Å²) < 4.78 is 13.0. The lowest BCUT2D eigenvalue weighted by Gasteiger charge is -2.26. The Kier molecular flexibility index (Phi) is 6.42. The van der Waals surface area contributed by atoms with Crippen LogP contribution in [0, 0.1) is 0 Å². The van der Waals surface area contributed by atoms with Gasteiger partial charge in [-0.05, 0) is 49.9 Å². The number of morpholine rings is 1. The lowest BCUT2D eigenvalue weighted by Crippen LogP contribution is -2.38. The summed E-state index contributed by atoms with van der Waals surface area (Å²) in [5.41, 5.74) is 8.22. The van der Waals surface area contributed by atoms with E-state index in [0.29, 0.717) is 35.8 Å². The molecule has 0 atom stereocenters. The Bertz CT molecular complexity index is 1010. The number of benzene rings is 1. The Labute approximate surface area is 187 Å². The fourth-order valence-corrected chi connectivity index (χ4v) is 4.22. The minimum Gasteiger partial charge on any atom is -0.492 e. The SMILES string of the molecule is NC1CCC(Nc2ncc3nnn(-c4ccc(OCCN5CCOCC5)cc4)c3n2)CC1. The third-order valence-electron chi connectivity index (χ3n) is 6.16. The minimum absolute atomic E-state index is 0.313. The predicted molar refractivity (Wildman–Crippen MR) is 121 cm³/mol. The molecule has 0 spiro atoms. The van der Waals surface area contributed by atoms with Crippen LogP contribution in [-0.4, -0.2) is 81.4 Å². The fourth-order valence-electron chi connectivity index (χ4n) is 4.22. The van der Waals surface area contributed by atoms with Gasteiger partial charge in [-0.25, -0.2) is 4.98 Å². The van der Waals surface area contributed by atoms with E-state index in [4.69, 9.17) is 15.2 Å². The standard InChI is InChI=1S/C22H30N8O2/c23-16-1-3-17(4-2-16)25-22-24-15-20-21(26-22)30(28-27-20)18-5-7-19(8-6-18)32-14-11-29-9-12-31-13-10-29/h5-8,15-17H,1-4,9-14,23H2,(H,24,25,26). The molecule has 1 aliphatic heterocycles. The quantitative estimate of drug-likeness (QED) is 0.567. The molecular formula is C22H30N8O2. The Morgan fingerprint density at radius 3 is 2.66 bits per heavy atom. The fraction of sp³-hybridized carbons (Fsp3) is 0.545. The molecule has 10 heteroatoms. The van der Waals surface area contributed by atoms with Crippen LogP contribution in [0.1, 0.15) is 25.7 Å². The number of rotatable bonds is 7. The van der Waals surface area contributed by atoms with Crippen LogP contribution in [-0.2, 0) is 4.74 Å². The normalized spacial score (nSPS) is 22.2. The second-order valence-corrected chi connectivity index (χ2v) is 8.46. The molecule has 32 heavy (non-hydrogen) atoms. The van der Waals surface area contributed by atoms with Crippen molar-refractivity contribution in [3.63, 3.8) is 0 Å².